The minimum Gasteiger partial charge on any atom is -0.352 e. The highest BCUT2D eigenvalue weighted by atomic mass is 16.6. The fourth-order valence-electron chi connectivity index (χ4n) is 4.17. The van der Waals surface area contributed by atoms with Crippen molar-refractivity contribution in [3.63, 3.8) is 0 Å². The molecule has 128 valence electrons. The molecule has 0 spiro atoms. The largest absolute Gasteiger partial charge is 0.352 e. The Hall–Kier alpha value is -2.76. The van der Waals surface area contributed by atoms with Gasteiger partial charge in [0.1, 0.15) is 6.20 Å². The molecule has 1 saturated heterocycles. The van der Waals surface area contributed by atoms with Crippen LogP contribution in [-0.2, 0) is 16.6 Å². The number of aryl methyl sites for hydroxylation is 1. The molecule has 6 heteroatoms. The Balaban J connectivity index is 1.69. The number of pyridine rings is 1. The van der Waals surface area contributed by atoms with Gasteiger partial charge in [0.25, 0.3) is 5.69 Å². The number of aromatic nitrogens is 1. The zero-order valence-electron chi connectivity index (χ0n) is 14.0. The molecule has 1 aliphatic carbocycles. The van der Waals surface area contributed by atoms with Crippen LogP contribution in [0.5, 0.6) is 0 Å². The van der Waals surface area contributed by atoms with Crippen LogP contribution in [0.3, 0.4) is 0 Å². The molecule has 4 rings (SSSR count). The zero-order chi connectivity index (χ0) is 17.6. The first kappa shape index (κ1) is 15.7. The molecule has 6 nitrogen and oxygen atoms in total. The Kier molecular flexibility index (Phi) is 3.56. The van der Waals surface area contributed by atoms with Crippen molar-refractivity contribution in [3.05, 3.63) is 57.8 Å². The minimum absolute atomic E-state index is 0.00462. The van der Waals surface area contributed by atoms with Crippen molar-refractivity contribution in [2.45, 2.75) is 44.1 Å². The molecule has 1 fully saturated rings. The highest BCUT2D eigenvalue weighted by molar-refractivity contribution is 5.78. The van der Waals surface area contributed by atoms with Gasteiger partial charge in [0, 0.05) is 29.5 Å². The Morgan fingerprint density at radius 1 is 1.28 bits per heavy atom. The summed E-state index contributed by atoms with van der Waals surface area (Å²) in [6.45, 7) is 2.24. The van der Waals surface area contributed by atoms with Crippen molar-refractivity contribution >= 4 is 11.6 Å². The molecule has 1 N–H and O–H groups in total. The van der Waals surface area contributed by atoms with Crippen molar-refractivity contribution in [3.8, 4) is 11.3 Å². The summed E-state index contributed by atoms with van der Waals surface area (Å²) in [4.78, 5) is 26.3. The number of nitrogens with one attached hydrogen (secondary N) is 1. The van der Waals surface area contributed by atoms with Crippen molar-refractivity contribution in [1.29, 1.82) is 0 Å². The second kappa shape index (κ2) is 5.65. The van der Waals surface area contributed by atoms with Gasteiger partial charge in [-0.1, -0.05) is 19.1 Å². The lowest BCUT2D eigenvalue weighted by atomic mass is 9.64. The second-order valence-electron chi connectivity index (χ2n) is 7.11. The van der Waals surface area contributed by atoms with Gasteiger partial charge in [-0.2, -0.15) is 0 Å². The van der Waals surface area contributed by atoms with Crippen molar-refractivity contribution < 1.29 is 9.72 Å². The molecule has 1 amide bonds. The molecule has 1 aromatic carbocycles. The van der Waals surface area contributed by atoms with Gasteiger partial charge in [0.2, 0.25) is 5.91 Å². The molecular formula is C19H19N3O3. The predicted molar refractivity (Wildman–Crippen MR) is 93.2 cm³/mol. The van der Waals surface area contributed by atoms with Gasteiger partial charge in [-0.3, -0.25) is 14.9 Å². The topological polar surface area (TPSA) is 85.1 Å². The molecule has 2 aliphatic rings. The summed E-state index contributed by atoms with van der Waals surface area (Å²) in [6, 6.07) is 9.67. The lowest BCUT2D eigenvalue weighted by Crippen LogP contribution is -2.55. The van der Waals surface area contributed by atoms with Crippen LogP contribution in [0.25, 0.3) is 11.3 Å². The first-order chi connectivity index (χ1) is 12.0. The predicted octanol–water partition coefficient (Wildman–Crippen LogP) is 3.14. The number of fused-ring (bicyclic) bond motifs is 3. The van der Waals surface area contributed by atoms with Crippen molar-refractivity contribution in [1.82, 2.24) is 10.3 Å². The van der Waals surface area contributed by atoms with Gasteiger partial charge in [-0.05, 0) is 42.5 Å². The summed E-state index contributed by atoms with van der Waals surface area (Å²) < 4.78 is 0. The third-order valence-electron chi connectivity index (χ3n) is 5.65. The van der Waals surface area contributed by atoms with E-state index in [2.05, 4.69) is 29.4 Å². The van der Waals surface area contributed by atoms with Crippen LogP contribution >= 0.6 is 0 Å². The highest BCUT2D eigenvalue weighted by Gasteiger charge is 2.43. The van der Waals surface area contributed by atoms with Gasteiger partial charge in [0.05, 0.1) is 10.6 Å². The molecule has 0 bridgehead atoms. The van der Waals surface area contributed by atoms with Crippen LogP contribution in [-0.4, -0.2) is 21.9 Å². The van der Waals surface area contributed by atoms with Crippen LogP contribution < -0.4 is 5.32 Å². The number of benzene rings is 1. The second-order valence-corrected chi connectivity index (χ2v) is 7.11. The number of hydrogen-bond donors (Lipinski definition) is 1. The van der Waals surface area contributed by atoms with Gasteiger partial charge in [0.15, 0.2) is 0 Å². The van der Waals surface area contributed by atoms with E-state index in [0.29, 0.717) is 6.42 Å². The van der Waals surface area contributed by atoms with E-state index in [1.54, 1.807) is 6.07 Å². The van der Waals surface area contributed by atoms with Crippen molar-refractivity contribution in [2.24, 2.45) is 0 Å². The van der Waals surface area contributed by atoms with E-state index in [-0.39, 0.29) is 23.1 Å². The fourth-order valence-corrected chi connectivity index (χ4v) is 4.17. The summed E-state index contributed by atoms with van der Waals surface area (Å²) in [5, 5.41) is 13.9. The van der Waals surface area contributed by atoms with Crippen LogP contribution in [0.15, 0.2) is 36.5 Å². The maximum absolute atomic E-state index is 11.7. The number of rotatable bonds is 2. The van der Waals surface area contributed by atoms with E-state index in [0.717, 1.165) is 30.5 Å². The first-order valence-electron chi connectivity index (χ1n) is 8.51. The number of carbonyl (C=O) groups is 1. The van der Waals surface area contributed by atoms with Crippen LogP contribution in [0.2, 0.25) is 0 Å². The number of hydrogen-bond acceptors (Lipinski definition) is 4. The first-order valence-corrected chi connectivity index (χ1v) is 8.51. The zero-order valence-corrected chi connectivity index (χ0v) is 14.0. The SMILES string of the molecule is C[C@]12CCC(=O)N[C@@H]1CCc1cc(-c3ccc([N+](=O)[O-])cn3)ccc12. The number of nitro groups is 1. The quantitative estimate of drug-likeness (QED) is 0.674. The average Bonchev–Trinajstić information content (AvgIpc) is 2.62. The molecule has 0 saturated carbocycles. The lowest BCUT2D eigenvalue weighted by Gasteiger charge is -2.46. The Morgan fingerprint density at radius 2 is 2.12 bits per heavy atom. The molecule has 0 radical (unpaired) electrons. The summed E-state index contributed by atoms with van der Waals surface area (Å²) in [5.74, 6) is 0.151. The summed E-state index contributed by atoms with van der Waals surface area (Å²) >= 11 is 0. The maximum Gasteiger partial charge on any atom is 0.287 e. The molecule has 1 aliphatic heterocycles. The van der Waals surface area contributed by atoms with E-state index in [1.165, 1.54) is 23.4 Å². The third-order valence-corrected chi connectivity index (χ3v) is 5.65. The molecular weight excluding hydrogens is 318 g/mol. The minimum atomic E-state index is -0.442. The average molecular weight is 337 g/mol. The molecule has 2 atom stereocenters. The van der Waals surface area contributed by atoms with Crippen molar-refractivity contribution in [2.75, 3.05) is 0 Å². The smallest absolute Gasteiger partial charge is 0.287 e. The Morgan fingerprint density at radius 3 is 2.84 bits per heavy atom. The van der Waals surface area contributed by atoms with Gasteiger partial charge >= 0.3 is 0 Å². The lowest BCUT2D eigenvalue weighted by molar-refractivity contribution is -0.385. The van der Waals surface area contributed by atoms with Gasteiger partial charge in [-0.25, -0.2) is 4.98 Å². The standard InChI is InChI=1S/C19H19N3O3/c1-19-9-8-18(23)21-17(19)7-3-12-10-13(2-5-15(12)19)16-6-4-14(11-20-16)22(24)25/h2,4-6,10-11,17H,3,7-9H2,1H3,(H,21,23)/t17-,19-/m1/s1. The monoisotopic (exact) mass is 337 g/mol. The van der Waals surface area contributed by atoms with Crippen LogP contribution in [0.4, 0.5) is 5.69 Å². The summed E-state index contributed by atoms with van der Waals surface area (Å²) in [5.41, 5.74) is 4.26. The van der Waals surface area contributed by atoms with Gasteiger partial charge in [-0.15, -0.1) is 0 Å². The van der Waals surface area contributed by atoms with E-state index in [4.69, 9.17) is 0 Å². The molecule has 2 heterocycles. The number of piperidine rings is 1. The molecule has 2 aromatic rings. The normalized spacial score (nSPS) is 24.8. The van der Waals surface area contributed by atoms with Crippen LogP contribution in [0.1, 0.15) is 37.3 Å². The van der Waals surface area contributed by atoms with Crippen LogP contribution in [0, 0.1) is 10.1 Å². The Bertz CT molecular complexity index is 863. The van der Waals surface area contributed by atoms with E-state index < -0.39 is 4.92 Å². The fraction of sp³-hybridized carbons (Fsp3) is 0.368. The summed E-state index contributed by atoms with van der Waals surface area (Å²) in [6.07, 6.45) is 4.58. The number of amides is 1. The summed E-state index contributed by atoms with van der Waals surface area (Å²) in [7, 11) is 0. The molecule has 1 aromatic heterocycles. The molecule has 25 heavy (non-hydrogen) atoms. The highest BCUT2D eigenvalue weighted by Crippen LogP contribution is 2.43. The number of carbonyl (C=O) groups excluding carboxylic acids is 1. The Labute approximate surface area is 145 Å². The maximum atomic E-state index is 11.7. The van der Waals surface area contributed by atoms with E-state index in [9.17, 15) is 14.9 Å². The van der Waals surface area contributed by atoms with Gasteiger partial charge < -0.3 is 5.32 Å². The van der Waals surface area contributed by atoms with E-state index in [1.807, 2.05) is 6.07 Å². The third kappa shape index (κ3) is 2.58. The van der Waals surface area contributed by atoms with E-state index >= 15 is 0 Å². The molecule has 0 unspecified atom stereocenters. The number of nitrogens with zero attached hydrogens (tertiary/aromatic N) is 2.